The maximum Gasteiger partial charge on any atom is 0.253 e. The van der Waals surface area contributed by atoms with Crippen LogP contribution in [0.4, 0.5) is 5.69 Å². The fourth-order valence-corrected chi connectivity index (χ4v) is 6.77. The molecule has 0 radical (unpaired) electrons. The first-order valence-electron chi connectivity index (χ1n) is 20.5. The van der Waals surface area contributed by atoms with E-state index >= 15 is 0 Å². The van der Waals surface area contributed by atoms with Crippen LogP contribution in [0.2, 0.25) is 0 Å². The van der Waals surface area contributed by atoms with Crippen molar-refractivity contribution in [3.63, 3.8) is 0 Å². The molecule has 1 aromatic carbocycles. The van der Waals surface area contributed by atoms with Crippen LogP contribution in [0.5, 0.6) is 0 Å². The van der Waals surface area contributed by atoms with E-state index in [0.717, 1.165) is 11.3 Å². The minimum atomic E-state index is -1.19. The summed E-state index contributed by atoms with van der Waals surface area (Å²) < 4.78 is 16.4. The molecule has 3 rings (SSSR count). The Morgan fingerprint density at radius 1 is 0.804 bits per heavy atom. The summed E-state index contributed by atoms with van der Waals surface area (Å²) >= 11 is 0. The minimum Gasteiger partial charge on any atom is -0.379 e. The smallest absolute Gasteiger partial charge is 0.253 e. The quantitative estimate of drug-likeness (QED) is 0.0482. The number of carbonyl (C=O) groups excluding carboxylic acids is 5. The molecule has 7 N–H and O–H groups in total. The lowest BCUT2D eigenvalue weighted by Gasteiger charge is -2.25. The van der Waals surface area contributed by atoms with E-state index in [1.807, 2.05) is 26.0 Å². The number of aliphatic hydroxyl groups is 1. The van der Waals surface area contributed by atoms with E-state index < -0.39 is 24.3 Å². The van der Waals surface area contributed by atoms with Crippen molar-refractivity contribution in [1.29, 1.82) is 0 Å². The van der Waals surface area contributed by atoms with Gasteiger partial charge in [-0.1, -0.05) is 83.8 Å². The number of anilines is 1. The summed E-state index contributed by atoms with van der Waals surface area (Å²) in [6, 6.07) is 6.17. The highest BCUT2D eigenvalue weighted by atomic mass is 16.5. The van der Waals surface area contributed by atoms with Gasteiger partial charge in [0, 0.05) is 24.3 Å². The number of nitrogens with one attached hydrogen (secondary N) is 4. The predicted molar refractivity (Wildman–Crippen MR) is 213 cm³/mol. The van der Waals surface area contributed by atoms with E-state index in [9.17, 15) is 29.1 Å². The van der Waals surface area contributed by atoms with Gasteiger partial charge in [0.05, 0.1) is 46.2 Å². The Balaban J connectivity index is 1.41. The maximum absolute atomic E-state index is 13.5. The Hall–Kier alpha value is -3.73. The van der Waals surface area contributed by atoms with Crippen LogP contribution in [0.25, 0.3) is 0 Å². The summed E-state index contributed by atoms with van der Waals surface area (Å²) in [5, 5.41) is 20.7. The summed E-state index contributed by atoms with van der Waals surface area (Å²) in [4.78, 5) is 64.0. The van der Waals surface area contributed by atoms with Crippen LogP contribution in [0.15, 0.2) is 36.4 Å². The second kappa shape index (κ2) is 27.0. The van der Waals surface area contributed by atoms with Crippen molar-refractivity contribution in [2.24, 2.45) is 17.6 Å². The van der Waals surface area contributed by atoms with Gasteiger partial charge in [-0.3, -0.25) is 39.9 Å². The fourth-order valence-electron chi connectivity index (χ4n) is 6.77. The van der Waals surface area contributed by atoms with Gasteiger partial charge in [-0.25, -0.2) is 0 Å². The molecular weight excluding hydrogens is 720 g/mol. The number of nitrogens with zero attached hydrogens (tertiary/aromatic N) is 1. The average molecular weight is 787 g/mol. The Labute approximate surface area is 332 Å². The number of amides is 5. The van der Waals surface area contributed by atoms with Crippen molar-refractivity contribution in [3.8, 4) is 0 Å². The molecule has 1 aliphatic carbocycles. The molecule has 1 unspecified atom stereocenters. The van der Waals surface area contributed by atoms with Gasteiger partial charge in [-0.2, -0.15) is 0 Å². The molecule has 0 bridgehead atoms. The Bertz CT molecular complexity index is 1350. The van der Waals surface area contributed by atoms with E-state index in [2.05, 4.69) is 33.4 Å². The van der Waals surface area contributed by atoms with E-state index in [1.165, 1.54) is 75.5 Å². The first-order valence-corrected chi connectivity index (χ1v) is 20.5. The number of rotatable bonds is 25. The van der Waals surface area contributed by atoms with Gasteiger partial charge in [0.2, 0.25) is 17.7 Å². The zero-order valence-corrected chi connectivity index (χ0v) is 33.4. The van der Waals surface area contributed by atoms with Crippen LogP contribution >= 0.6 is 0 Å². The van der Waals surface area contributed by atoms with Crippen LogP contribution in [0.1, 0.15) is 96.5 Å². The highest BCUT2D eigenvalue weighted by Crippen LogP contribution is 2.25. The number of hydrogen-bond acceptors (Lipinski definition) is 11. The number of aliphatic hydroxyl groups excluding tert-OH is 1. The first-order chi connectivity index (χ1) is 27.0. The van der Waals surface area contributed by atoms with Gasteiger partial charge in [0.25, 0.3) is 11.8 Å². The second-order valence-electron chi connectivity index (χ2n) is 14.9. The van der Waals surface area contributed by atoms with Crippen molar-refractivity contribution in [2.45, 2.75) is 116 Å². The number of imide groups is 1. The highest BCUT2D eigenvalue weighted by Gasteiger charge is 2.29. The van der Waals surface area contributed by atoms with E-state index in [-0.39, 0.29) is 82.0 Å². The number of benzene rings is 1. The molecule has 0 spiro atoms. The number of nitrogens with two attached hydrogens (primary N) is 1. The van der Waals surface area contributed by atoms with Crippen molar-refractivity contribution < 1.29 is 43.3 Å². The SMILES string of the molecule is CC(C)[C@H](NC(=O)CCOCCOCCOCCN1C(=O)C=CC1=O)C(=O)N[C@@H](CCCNC(N)O)C(=O)Nc1ccc(CC2CCCCCCCCC2)cc1. The van der Waals surface area contributed by atoms with Crippen molar-refractivity contribution in [2.75, 3.05) is 58.0 Å². The predicted octanol–water partition coefficient (Wildman–Crippen LogP) is 2.90. The Kier molecular flexibility index (Phi) is 22.5. The molecule has 15 heteroatoms. The average Bonchev–Trinajstić information content (AvgIpc) is 3.49. The molecule has 1 heterocycles. The fraction of sp³-hybridized carbons (Fsp3) is 0.683. The van der Waals surface area contributed by atoms with Crippen LogP contribution < -0.4 is 27.0 Å². The molecule has 0 aromatic heterocycles. The van der Waals surface area contributed by atoms with Gasteiger partial charge in [-0.05, 0) is 55.3 Å². The monoisotopic (exact) mass is 786 g/mol. The van der Waals surface area contributed by atoms with Crippen LogP contribution in [-0.4, -0.2) is 111 Å². The molecule has 1 aliphatic heterocycles. The number of carbonyl (C=O) groups is 5. The summed E-state index contributed by atoms with van der Waals surface area (Å²) in [5.41, 5.74) is 7.28. The third-order valence-electron chi connectivity index (χ3n) is 9.97. The normalized spacial score (nSPS) is 17.1. The zero-order chi connectivity index (χ0) is 40.5. The van der Waals surface area contributed by atoms with Gasteiger partial charge in [-0.15, -0.1) is 0 Å². The zero-order valence-electron chi connectivity index (χ0n) is 33.4. The van der Waals surface area contributed by atoms with Crippen molar-refractivity contribution >= 4 is 35.2 Å². The third-order valence-corrected chi connectivity index (χ3v) is 9.97. The molecule has 2 aliphatic rings. The highest BCUT2D eigenvalue weighted by molar-refractivity contribution is 6.12. The summed E-state index contributed by atoms with van der Waals surface area (Å²) in [6.07, 6.45) is 14.8. The lowest BCUT2D eigenvalue weighted by Crippen LogP contribution is -2.54. The molecule has 15 nitrogen and oxygen atoms in total. The standard InChI is InChI=1S/C41H66N6O9/c1-30(2)38(46-35(48)20-23-54-25-27-56-28-26-55-24-22-47-36(49)18-19-37(47)50)40(52)45-34(13-10-21-43-41(42)53)39(51)44-33-16-14-32(15-17-33)29-31-11-8-6-4-3-5-7-9-12-31/h14-19,30-31,34,38,41,43,53H,3-13,20-29,42H2,1-2H3,(H,44,51)(H,45,52)(H,46,48)/t34-,38-,41?/m0/s1. The topological polar surface area (TPSA) is 211 Å². The molecule has 0 saturated heterocycles. The molecule has 1 saturated carbocycles. The number of hydrogen-bond donors (Lipinski definition) is 6. The maximum atomic E-state index is 13.5. The van der Waals surface area contributed by atoms with Gasteiger partial charge in [0.1, 0.15) is 12.1 Å². The van der Waals surface area contributed by atoms with E-state index in [4.69, 9.17) is 19.9 Å². The van der Waals surface area contributed by atoms with Gasteiger partial charge in [0.15, 0.2) is 6.35 Å². The van der Waals surface area contributed by atoms with Gasteiger partial charge < -0.3 is 35.3 Å². The molecule has 5 amide bonds. The summed E-state index contributed by atoms with van der Waals surface area (Å²) in [7, 11) is 0. The van der Waals surface area contributed by atoms with Crippen molar-refractivity contribution in [3.05, 3.63) is 42.0 Å². The molecule has 1 aromatic rings. The second-order valence-corrected chi connectivity index (χ2v) is 14.9. The molecule has 1 fully saturated rings. The Morgan fingerprint density at radius 3 is 1.96 bits per heavy atom. The summed E-state index contributed by atoms with van der Waals surface area (Å²) in [5.74, 6) is -1.51. The van der Waals surface area contributed by atoms with Crippen molar-refractivity contribution in [1.82, 2.24) is 20.9 Å². The molecule has 56 heavy (non-hydrogen) atoms. The summed E-state index contributed by atoms with van der Waals surface area (Å²) in [6.45, 7) is 5.58. The van der Waals surface area contributed by atoms with Crippen LogP contribution in [0.3, 0.4) is 0 Å². The van der Waals surface area contributed by atoms with Crippen LogP contribution in [0, 0.1) is 11.8 Å². The lowest BCUT2D eigenvalue weighted by atomic mass is 9.87. The van der Waals surface area contributed by atoms with E-state index in [0.29, 0.717) is 31.2 Å². The van der Waals surface area contributed by atoms with Crippen LogP contribution in [-0.2, 0) is 44.6 Å². The first kappa shape index (κ1) is 46.7. The lowest BCUT2D eigenvalue weighted by molar-refractivity contribution is -0.137. The molecular formula is C41H66N6O9. The minimum absolute atomic E-state index is 0.0240. The third kappa shape index (κ3) is 18.9. The van der Waals surface area contributed by atoms with E-state index in [1.54, 1.807) is 0 Å². The molecule has 314 valence electrons. The Morgan fingerprint density at radius 2 is 1.38 bits per heavy atom. The van der Waals surface area contributed by atoms with Gasteiger partial charge >= 0.3 is 0 Å². The number of ether oxygens (including phenoxy) is 3. The largest absolute Gasteiger partial charge is 0.379 e. The molecule has 3 atom stereocenters.